The van der Waals surface area contributed by atoms with Crippen molar-refractivity contribution in [3.63, 3.8) is 0 Å². The number of rotatable bonds is 4. The van der Waals surface area contributed by atoms with Crippen LogP contribution in [0.2, 0.25) is 0 Å². The molecule has 0 saturated heterocycles. The molecule has 3 aromatic heterocycles. The van der Waals surface area contributed by atoms with E-state index < -0.39 is 11.2 Å². The second kappa shape index (κ2) is 7.19. The highest BCUT2D eigenvalue weighted by Gasteiger charge is 2.22. The Bertz CT molecular complexity index is 1620. The molecule has 0 amide bonds. The van der Waals surface area contributed by atoms with Crippen molar-refractivity contribution in [1.29, 1.82) is 0 Å². The quantitative estimate of drug-likeness (QED) is 0.411. The van der Waals surface area contributed by atoms with E-state index in [0.29, 0.717) is 22.6 Å². The topological polar surface area (TPSA) is 66.2 Å². The average Bonchev–Trinajstić information content (AvgIpc) is 3.33. The van der Waals surface area contributed by atoms with Gasteiger partial charge in [0.25, 0.3) is 5.56 Å². The largest absolute Gasteiger partial charge is 0.332 e. The Balaban J connectivity index is 1.93. The first-order valence-electron chi connectivity index (χ1n) is 10.1. The van der Waals surface area contributed by atoms with E-state index in [4.69, 9.17) is 0 Å². The summed E-state index contributed by atoms with van der Waals surface area (Å²) in [6, 6.07) is 15.7. The van der Waals surface area contributed by atoms with Crippen molar-refractivity contribution in [2.75, 3.05) is 0 Å². The van der Waals surface area contributed by atoms with Gasteiger partial charge in [0.1, 0.15) is 5.82 Å². The van der Waals surface area contributed by atoms with Crippen LogP contribution in [0.15, 0.2) is 82.5 Å². The zero-order chi connectivity index (χ0) is 22.6. The number of hydrogen-bond acceptors (Lipinski definition) is 3. The molecule has 8 heteroatoms. The van der Waals surface area contributed by atoms with Crippen LogP contribution in [0.5, 0.6) is 0 Å². The number of fused-ring (bicyclic) bond motifs is 3. The van der Waals surface area contributed by atoms with E-state index in [2.05, 4.69) is 11.6 Å². The highest BCUT2D eigenvalue weighted by atomic mass is 19.1. The number of nitrogens with zero attached hydrogens (tertiary/aromatic N) is 5. The molecule has 0 aliphatic carbocycles. The van der Waals surface area contributed by atoms with E-state index in [9.17, 15) is 14.0 Å². The molecule has 0 bridgehead atoms. The first kappa shape index (κ1) is 19.7. The second-order valence-electron chi connectivity index (χ2n) is 7.84. The van der Waals surface area contributed by atoms with Crippen molar-refractivity contribution in [2.45, 2.75) is 13.5 Å². The molecule has 2 aromatic carbocycles. The fourth-order valence-corrected chi connectivity index (χ4v) is 3.96. The van der Waals surface area contributed by atoms with E-state index in [0.717, 1.165) is 15.8 Å². The van der Waals surface area contributed by atoms with Crippen LogP contribution in [0.3, 0.4) is 0 Å². The monoisotopic (exact) mass is 429 g/mol. The van der Waals surface area contributed by atoms with Crippen LogP contribution in [0.4, 0.5) is 4.39 Å². The molecule has 0 aliphatic heterocycles. The predicted octanol–water partition coefficient (Wildman–Crippen LogP) is 3.52. The summed E-state index contributed by atoms with van der Waals surface area (Å²) in [6.07, 6.45) is 1.82. The predicted molar refractivity (Wildman–Crippen MR) is 122 cm³/mol. The Morgan fingerprint density at radius 1 is 1.06 bits per heavy atom. The summed E-state index contributed by atoms with van der Waals surface area (Å²) in [7, 11) is 1.59. The number of allylic oxidation sites excluding steroid dienone is 1. The van der Waals surface area contributed by atoms with Crippen LogP contribution in [0.25, 0.3) is 33.9 Å². The van der Waals surface area contributed by atoms with Crippen molar-refractivity contribution < 1.29 is 4.39 Å². The van der Waals surface area contributed by atoms with Gasteiger partial charge < -0.3 is 0 Å². The molecule has 32 heavy (non-hydrogen) atoms. The lowest BCUT2D eigenvalue weighted by Crippen LogP contribution is -2.39. The lowest BCUT2D eigenvalue weighted by atomic mass is 10.1. The summed E-state index contributed by atoms with van der Waals surface area (Å²) in [4.78, 5) is 30.8. The second-order valence-corrected chi connectivity index (χ2v) is 7.84. The molecule has 0 atom stereocenters. The van der Waals surface area contributed by atoms with E-state index in [-0.39, 0.29) is 18.0 Å². The molecule has 0 N–H and O–H groups in total. The zero-order valence-electron chi connectivity index (χ0n) is 17.6. The minimum absolute atomic E-state index is 0.124. The summed E-state index contributed by atoms with van der Waals surface area (Å²) in [6.45, 7) is 5.72. The number of hydrogen-bond donors (Lipinski definition) is 0. The molecule has 0 radical (unpaired) electrons. The van der Waals surface area contributed by atoms with Crippen LogP contribution in [0, 0.1) is 5.82 Å². The molecule has 0 fully saturated rings. The van der Waals surface area contributed by atoms with Crippen LogP contribution in [0.1, 0.15) is 6.92 Å². The van der Waals surface area contributed by atoms with E-state index in [1.165, 1.54) is 16.7 Å². The van der Waals surface area contributed by atoms with Gasteiger partial charge in [0.15, 0.2) is 11.2 Å². The van der Waals surface area contributed by atoms with Crippen LogP contribution >= 0.6 is 0 Å². The molecule has 0 saturated carbocycles. The van der Waals surface area contributed by atoms with Gasteiger partial charge in [0, 0.05) is 24.5 Å². The van der Waals surface area contributed by atoms with Crippen LogP contribution in [-0.2, 0) is 13.6 Å². The fraction of sp³-hybridized carbons (Fsp3) is 0.125. The van der Waals surface area contributed by atoms with E-state index in [1.807, 2.05) is 41.1 Å². The number of imidazole rings is 2. The molecular weight excluding hydrogens is 409 g/mol. The Morgan fingerprint density at radius 3 is 2.41 bits per heavy atom. The van der Waals surface area contributed by atoms with Crippen molar-refractivity contribution in [3.05, 3.63) is 99.6 Å². The third-order valence-electron chi connectivity index (χ3n) is 5.43. The van der Waals surface area contributed by atoms with Crippen LogP contribution in [-0.4, -0.2) is 23.1 Å². The minimum atomic E-state index is -0.456. The molecule has 5 rings (SSSR count). The highest BCUT2D eigenvalue weighted by Crippen LogP contribution is 2.28. The SMILES string of the molecule is C=C(C)Cn1c(=O)c2c(nc3n(-c4ccc(F)cc4)c(-c4ccccc4)cn23)n(C)c1=O. The number of halogens is 1. The first-order valence-corrected chi connectivity index (χ1v) is 10.1. The molecule has 0 unspecified atom stereocenters. The standard InChI is InChI=1S/C24H20FN5O2/c1-15(2)13-29-22(31)20-21(27(3)24(29)32)26-23-28(20)14-19(16-7-5-4-6-8-16)30(23)18-11-9-17(25)10-12-18/h4-12,14H,1,13H2,2-3H3. The molecule has 0 aliphatic rings. The third kappa shape index (κ3) is 2.91. The highest BCUT2D eigenvalue weighted by molar-refractivity contribution is 5.79. The Labute approximate surface area is 181 Å². The maximum atomic E-state index is 13.6. The number of aromatic nitrogens is 5. The van der Waals surface area contributed by atoms with Gasteiger partial charge in [-0.1, -0.05) is 42.5 Å². The van der Waals surface area contributed by atoms with Crippen molar-refractivity contribution in [3.8, 4) is 16.9 Å². The van der Waals surface area contributed by atoms with E-state index in [1.54, 1.807) is 30.5 Å². The summed E-state index contributed by atoms with van der Waals surface area (Å²) in [5.41, 5.74) is 2.74. The third-order valence-corrected chi connectivity index (χ3v) is 5.43. The van der Waals surface area contributed by atoms with Crippen molar-refractivity contribution in [2.24, 2.45) is 7.05 Å². The lowest BCUT2D eigenvalue weighted by molar-refractivity contribution is 0.627. The summed E-state index contributed by atoms with van der Waals surface area (Å²) in [5, 5.41) is 0. The first-order chi connectivity index (χ1) is 15.4. The van der Waals surface area contributed by atoms with Gasteiger partial charge >= 0.3 is 5.69 Å². The van der Waals surface area contributed by atoms with Crippen molar-refractivity contribution >= 4 is 16.9 Å². The maximum absolute atomic E-state index is 13.6. The molecule has 3 heterocycles. The summed E-state index contributed by atoms with van der Waals surface area (Å²) in [5.74, 6) is 0.0994. The molecular formula is C24H20FN5O2. The fourth-order valence-electron chi connectivity index (χ4n) is 3.96. The maximum Gasteiger partial charge on any atom is 0.332 e. The van der Waals surface area contributed by atoms with Gasteiger partial charge in [-0.05, 0) is 31.2 Å². The Kier molecular flexibility index (Phi) is 4.44. The Morgan fingerprint density at radius 2 is 1.75 bits per heavy atom. The van der Waals surface area contributed by atoms with Gasteiger partial charge in [-0.3, -0.25) is 22.9 Å². The summed E-state index contributed by atoms with van der Waals surface area (Å²) < 4.78 is 19.7. The van der Waals surface area contributed by atoms with Gasteiger partial charge in [-0.25, -0.2) is 9.18 Å². The summed E-state index contributed by atoms with van der Waals surface area (Å²) >= 11 is 0. The Hall–Kier alpha value is -4.20. The number of aryl methyl sites for hydroxylation is 1. The van der Waals surface area contributed by atoms with Gasteiger partial charge in [-0.2, -0.15) is 4.98 Å². The van der Waals surface area contributed by atoms with Gasteiger partial charge in [0.05, 0.1) is 12.2 Å². The van der Waals surface area contributed by atoms with Gasteiger partial charge in [-0.15, -0.1) is 0 Å². The van der Waals surface area contributed by atoms with E-state index >= 15 is 0 Å². The number of benzene rings is 2. The molecule has 160 valence electrons. The molecule has 5 aromatic rings. The normalized spacial score (nSPS) is 11.5. The minimum Gasteiger partial charge on any atom is -0.279 e. The van der Waals surface area contributed by atoms with Gasteiger partial charge in [0.2, 0.25) is 5.78 Å². The molecule has 7 nitrogen and oxygen atoms in total. The van der Waals surface area contributed by atoms with Crippen LogP contribution < -0.4 is 11.2 Å². The van der Waals surface area contributed by atoms with Crippen molar-refractivity contribution in [1.82, 2.24) is 23.1 Å². The zero-order valence-corrected chi connectivity index (χ0v) is 17.6. The smallest absolute Gasteiger partial charge is 0.279 e. The lowest BCUT2D eigenvalue weighted by Gasteiger charge is -2.09. The molecule has 0 spiro atoms. The average molecular weight is 429 g/mol.